The van der Waals surface area contributed by atoms with Gasteiger partial charge in [-0.15, -0.1) is 0 Å². The molecule has 0 aliphatic carbocycles. The Morgan fingerprint density at radius 2 is 2.25 bits per heavy atom. The van der Waals surface area contributed by atoms with E-state index in [9.17, 15) is 14.9 Å². The maximum Gasteiger partial charge on any atom is 0.283 e. The zero-order valence-electron chi connectivity index (χ0n) is 10.9. The van der Waals surface area contributed by atoms with Crippen molar-refractivity contribution in [3.63, 3.8) is 0 Å². The van der Waals surface area contributed by atoms with Crippen LogP contribution in [0.25, 0.3) is 0 Å². The molecular weight excluding hydrogens is 348 g/mol. The van der Waals surface area contributed by atoms with E-state index in [1.54, 1.807) is 4.90 Å². The Hall–Kier alpha value is -1.14. The topological polar surface area (TPSA) is 63.5 Å². The summed E-state index contributed by atoms with van der Waals surface area (Å²) in [6.45, 7) is 3.24. The van der Waals surface area contributed by atoms with Crippen LogP contribution in [0.15, 0.2) is 18.2 Å². The number of carbonyl (C=O) groups is 1. The first-order valence-corrected chi connectivity index (χ1v) is 7.56. The van der Waals surface area contributed by atoms with Crippen molar-refractivity contribution in [2.45, 2.75) is 18.2 Å². The van der Waals surface area contributed by atoms with Crippen molar-refractivity contribution in [2.24, 2.45) is 5.92 Å². The molecule has 1 amide bonds. The molecule has 7 heteroatoms. The molecule has 0 bridgehead atoms. The van der Waals surface area contributed by atoms with E-state index in [1.807, 2.05) is 0 Å². The summed E-state index contributed by atoms with van der Waals surface area (Å²) in [5, 5.41) is 11.3. The van der Waals surface area contributed by atoms with Gasteiger partial charge in [0.1, 0.15) is 5.56 Å². The summed E-state index contributed by atoms with van der Waals surface area (Å²) < 4.78 is 0. The number of piperidine rings is 1. The number of nitrogens with zero attached hydrogens (tertiary/aromatic N) is 2. The van der Waals surface area contributed by atoms with Crippen molar-refractivity contribution >= 4 is 39.1 Å². The third-order valence-electron chi connectivity index (χ3n) is 3.47. The Balaban J connectivity index is 2.27. The van der Waals surface area contributed by atoms with Gasteiger partial charge in [-0.25, -0.2) is 0 Å². The third kappa shape index (κ3) is 3.12. The van der Waals surface area contributed by atoms with Crippen LogP contribution in [0.2, 0.25) is 5.02 Å². The van der Waals surface area contributed by atoms with Crippen LogP contribution in [-0.2, 0) is 0 Å². The highest BCUT2D eigenvalue weighted by atomic mass is 79.9. The molecule has 1 fully saturated rings. The van der Waals surface area contributed by atoms with Gasteiger partial charge in [-0.1, -0.05) is 34.5 Å². The van der Waals surface area contributed by atoms with E-state index in [2.05, 4.69) is 22.9 Å². The van der Waals surface area contributed by atoms with Crippen molar-refractivity contribution < 1.29 is 9.72 Å². The van der Waals surface area contributed by atoms with Crippen LogP contribution in [0.4, 0.5) is 5.69 Å². The predicted molar refractivity (Wildman–Crippen MR) is 80.5 cm³/mol. The second-order valence-electron chi connectivity index (χ2n) is 4.95. The van der Waals surface area contributed by atoms with E-state index in [0.29, 0.717) is 23.8 Å². The average molecular weight is 362 g/mol. The second kappa shape index (κ2) is 6.10. The molecule has 0 N–H and O–H groups in total. The quantitative estimate of drug-likeness (QED) is 0.460. The van der Waals surface area contributed by atoms with Crippen molar-refractivity contribution in [1.29, 1.82) is 0 Å². The van der Waals surface area contributed by atoms with E-state index in [-0.39, 0.29) is 22.2 Å². The number of alkyl halides is 1. The number of benzene rings is 1. The molecule has 0 spiro atoms. The molecule has 1 aromatic rings. The van der Waals surface area contributed by atoms with Crippen molar-refractivity contribution in [1.82, 2.24) is 4.90 Å². The number of likely N-dealkylation sites (tertiary alicyclic amines) is 1. The Morgan fingerprint density at radius 1 is 1.55 bits per heavy atom. The van der Waals surface area contributed by atoms with Gasteiger partial charge >= 0.3 is 0 Å². The Morgan fingerprint density at radius 3 is 2.85 bits per heavy atom. The first-order chi connectivity index (χ1) is 9.40. The lowest BCUT2D eigenvalue weighted by Crippen LogP contribution is -2.43. The minimum Gasteiger partial charge on any atom is -0.338 e. The highest BCUT2D eigenvalue weighted by Gasteiger charge is 2.30. The van der Waals surface area contributed by atoms with Gasteiger partial charge in [0.05, 0.1) is 4.92 Å². The smallest absolute Gasteiger partial charge is 0.283 e. The number of hydrogen-bond donors (Lipinski definition) is 0. The minimum absolute atomic E-state index is 0.0969. The molecule has 1 aromatic carbocycles. The second-order valence-corrected chi connectivity index (χ2v) is 6.56. The fourth-order valence-corrected chi connectivity index (χ4v) is 2.85. The van der Waals surface area contributed by atoms with Crippen LogP contribution in [0.3, 0.4) is 0 Å². The molecule has 1 aliphatic rings. The van der Waals surface area contributed by atoms with Crippen LogP contribution in [0.5, 0.6) is 0 Å². The number of amides is 1. The number of carbonyl (C=O) groups excluding carboxylic acids is 1. The standard InChI is InChI=1S/C13H14BrClN2O3/c1-8-7-16(5-4-11(8)14)13(18)10-3-2-9(15)6-12(10)17(19)20/h2-3,6,8,11H,4-5,7H2,1H3. The third-order valence-corrected chi connectivity index (χ3v) is 5.07. The molecule has 2 rings (SSSR count). The van der Waals surface area contributed by atoms with Gasteiger partial charge in [0.15, 0.2) is 0 Å². The molecule has 108 valence electrons. The zero-order chi connectivity index (χ0) is 14.9. The molecule has 0 radical (unpaired) electrons. The van der Waals surface area contributed by atoms with E-state index >= 15 is 0 Å². The summed E-state index contributed by atoms with van der Waals surface area (Å²) in [6.07, 6.45) is 0.842. The summed E-state index contributed by atoms with van der Waals surface area (Å²) >= 11 is 9.33. The molecule has 1 saturated heterocycles. The minimum atomic E-state index is -0.570. The van der Waals surface area contributed by atoms with Crippen LogP contribution in [0, 0.1) is 16.0 Å². The van der Waals surface area contributed by atoms with Crippen LogP contribution >= 0.6 is 27.5 Å². The van der Waals surface area contributed by atoms with Gasteiger partial charge < -0.3 is 4.90 Å². The number of nitro groups is 1. The first-order valence-electron chi connectivity index (χ1n) is 6.27. The summed E-state index contributed by atoms with van der Waals surface area (Å²) in [4.78, 5) is 25.0. The predicted octanol–water partition coefficient (Wildman–Crippen LogP) is 3.49. The number of halogens is 2. The number of rotatable bonds is 2. The summed E-state index contributed by atoms with van der Waals surface area (Å²) in [7, 11) is 0. The van der Waals surface area contributed by atoms with Crippen molar-refractivity contribution in [3.05, 3.63) is 38.9 Å². The van der Waals surface area contributed by atoms with Gasteiger partial charge in [-0.05, 0) is 24.5 Å². The Bertz CT molecular complexity index is 552. The molecule has 5 nitrogen and oxygen atoms in total. The van der Waals surface area contributed by atoms with Gasteiger partial charge in [0.25, 0.3) is 11.6 Å². The van der Waals surface area contributed by atoms with Crippen LogP contribution in [0.1, 0.15) is 23.7 Å². The Kier molecular flexibility index (Phi) is 4.65. The van der Waals surface area contributed by atoms with Crippen LogP contribution in [-0.4, -0.2) is 33.6 Å². The molecule has 2 unspecified atom stereocenters. The summed E-state index contributed by atoms with van der Waals surface area (Å²) in [6, 6.07) is 4.14. The fraction of sp³-hybridized carbons (Fsp3) is 0.462. The number of hydrogen-bond acceptors (Lipinski definition) is 3. The van der Waals surface area contributed by atoms with Crippen molar-refractivity contribution in [3.8, 4) is 0 Å². The van der Waals surface area contributed by atoms with Crippen LogP contribution < -0.4 is 0 Å². The van der Waals surface area contributed by atoms with Gasteiger partial charge in [-0.3, -0.25) is 14.9 Å². The molecule has 0 aromatic heterocycles. The van der Waals surface area contributed by atoms with Gasteiger partial charge in [-0.2, -0.15) is 0 Å². The van der Waals surface area contributed by atoms with Gasteiger partial charge in [0.2, 0.25) is 0 Å². The van der Waals surface area contributed by atoms with Crippen molar-refractivity contribution in [2.75, 3.05) is 13.1 Å². The maximum atomic E-state index is 12.5. The SMILES string of the molecule is CC1CN(C(=O)c2ccc(Cl)cc2[N+](=O)[O-])CCC1Br. The summed E-state index contributed by atoms with van der Waals surface area (Å²) in [5.74, 6) is 0.0127. The van der Waals surface area contributed by atoms with E-state index in [4.69, 9.17) is 11.6 Å². The number of nitro benzene ring substituents is 1. The molecular formula is C13H14BrClN2O3. The normalized spacial score (nSPS) is 22.6. The lowest BCUT2D eigenvalue weighted by molar-refractivity contribution is -0.385. The maximum absolute atomic E-state index is 12.5. The molecule has 1 heterocycles. The molecule has 1 aliphatic heterocycles. The fourth-order valence-electron chi connectivity index (χ4n) is 2.31. The van der Waals surface area contributed by atoms with Gasteiger partial charge in [0, 0.05) is 29.0 Å². The Labute approximate surface area is 130 Å². The lowest BCUT2D eigenvalue weighted by atomic mass is 9.99. The van der Waals surface area contributed by atoms with E-state index in [0.717, 1.165) is 6.42 Å². The highest BCUT2D eigenvalue weighted by molar-refractivity contribution is 9.09. The molecule has 2 atom stereocenters. The average Bonchev–Trinajstić information content (AvgIpc) is 2.41. The molecule has 0 saturated carbocycles. The van der Waals surface area contributed by atoms with E-state index < -0.39 is 4.92 Å². The molecule has 20 heavy (non-hydrogen) atoms. The monoisotopic (exact) mass is 360 g/mol. The largest absolute Gasteiger partial charge is 0.338 e. The van der Waals surface area contributed by atoms with E-state index in [1.165, 1.54) is 18.2 Å². The summed E-state index contributed by atoms with van der Waals surface area (Å²) in [5.41, 5.74) is -0.143. The first kappa shape index (κ1) is 15.3. The lowest BCUT2D eigenvalue weighted by Gasteiger charge is -2.34. The zero-order valence-corrected chi connectivity index (χ0v) is 13.2. The highest BCUT2D eigenvalue weighted by Crippen LogP contribution is 2.28.